The SMILES string of the molecule is C=CCn1c(COc2ccccc2F)nnc1SCc1occc1C(=O)OC. The average molecular weight is 403 g/mol. The molecule has 0 atom stereocenters. The van der Waals surface area contributed by atoms with Gasteiger partial charge >= 0.3 is 5.97 Å². The zero-order valence-corrected chi connectivity index (χ0v) is 15.9. The topological polar surface area (TPSA) is 79.4 Å². The van der Waals surface area contributed by atoms with Crippen molar-refractivity contribution < 1.29 is 23.1 Å². The van der Waals surface area contributed by atoms with E-state index >= 15 is 0 Å². The average Bonchev–Trinajstić information content (AvgIpc) is 3.32. The van der Waals surface area contributed by atoms with Crippen molar-refractivity contribution in [1.29, 1.82) is 0 Å². The van der Waals surface area contributed by atoms with Crippen molar-refractivity contribution in [1.82, 2.24) is 14.8 Å². The van der Waals surface area contributed by atoms with Gasteiger partial charge < -0.3 is 13.9 Å². The van der Waals surface area contributed by atoms with E-state index in [1.54, 1.807) is 34.9 Å². The molecule has 0 aliphatic heterocycles. The zero-order valence-electron chi connectivity index (χ0n) is 15.1. The monoisotopic (exact) mass is 403 g/mol. The third-order valence-electron chi connectivity index (χ3n) is 3.78. The number of halogens is 1. The van der Waals surface area contributed by atoms with Gasteiger partial charge in [0, 0.05) is 6.54 Å². The van der Waals surface area contributed by atoms with Gasteiger partial charge in [0.1, 0.15) is 17.9 Å². The number of benzene rings is 1. The third-order valence-corrected chi connectivity index (χ3v) is 4.75. The summed E-state index contributed by atoms with van der Waals surface area (Å²) in [5.74, 6) is 0.604. The van der Waals surface area contributed by atoms with Crippen LogP contribution in [-0.4, -0.2) is 27.8 Å². The van der Waals surface area contributed by atoms with Gasteiger partial charge in [0.2, 0.25) is 0 Å². The van der Waals surface area contributed by atoms with E-state index in [9.17, 15) is 9.18 Å². The number of rotatable bonds is 9. The number of allylic oxidation sites excluding steroid dienone is 1. The molecule has 3 rings (SSSR count). The van der Waals surface area contributed by atoms with Crippen LogP contribution >= 0.6 is 11.8 Å². The van der Waals surface area contributed by atoms with E-state index in [0.29, 0.717) is 34.6 Å². The molecule has 0 N–H and O–H groups in total. The maximum Gasteiger partial charge on any atom is 0.341 e. The number of methoxy groups -OCH3 is 1. The summed E-state index contributed by atoms with van der Waals surface area (Å²) >= 11 is 1.34. The van der Waals surface area contributed by atoms with Gasteiger partial charge in [0.25, 0.3) is 0 Å². The van der Waals surface area contributed by atoms with Crippen LogP contribution in [0.1, 0.15) is 21.9 Å². The predicted octanol–water partition coefficient (Wildman–Crippen LogP) is 3.85. The molecule has 0 aliphatic rings. The lowest BCUT2D eigenvalue weighted by Crippen LogP contribution is -2.08. The number of carbonyl (C=O) groups excluding carboxylic acids is 1. The maximum atomic E-state index is 13.7. The summed E-state index contributed by atoms with van der Waals surface area (Å²) in [6.07, 6.45) is 3.14. The molecule has 0 spiro atoms. The fourth-order valence-electron chi connectivity index (χ4n) is 2.42. The molecule has 2 aromatic heterocycles. The molecule has 0 bridgehead atoms. The van der Waals surface area contributed by atoms with E-state index < -0.39 is 11.8 Å². The number of furan rings is 1. The van der Waals surface area contributed by atoms with Crippen LogP contribution in [0.5, 0.6) is 5.75 Å². The molecule has 0 unspecified atom stereocenters. The number of nitrogens with zero attached hydrogens (tertiary/aromatic N) is 3. The summed E-state index contributed by atoms with van der Waals surface area (Å²) in [7, 11) is 1.31. The Bertz CT molecular complexity index is 970. The lowest BCUT2D eigenvalue weighted by molar-refractivity contribution is 0.0598. The van der Waals surface area contributed by atoms with Crippen molar-refractivity contribution in [2.45, 2.75) is 24.1 Å². The minimum atomic E-state index is -0.462. The Balaban J connectivity index is 1.72. The molecule has 28 heavy (non-hydrogen) atoms. The summed E-state index contributed by atoms with van der Waals surface area (Å²) < 4.78 is 31.1. The zero-order chi connectivity index (χ0) is 19.9. The molecular weight excluding hydrogens is 385 g/mol. The Morgan fingerprint density at radius 2 is 2.18 bits per heavy atom. The first-order valence-electron chi connectivity index (χ1n) is 8.31. The van der Waals surface area contributed by atoms with E-state index in [1.807, 2.05) is 0 Å². The lowest BCUT2D eigenvalue weighted by atomic mass is 10.3. The highest BCUT2D eigenvalue weighted by molar-refractivity contribution is 7.98. The molecule has 2 heterocycles. The lowest BCUT2D eigenvalue weighted by Gasteiger charge is -2.09. The Kier molecular flexibility index (Phi) is 6.49. The first kappa shape index (κ1) is 19.7. The third kappa shape index (κ3) is 4.42. The number of esters is 1. The molecule has 3 aromatic rings. The number of thioether (sulfide) groups is 1. The fraction of sp³-hybridized carbons (Fsp3) is 0.211. The van der Waals surface area contributed by atoms with Crippen molar-refractivity contribution in [2.24, 2.45) is 0 Å². The number of carbonyl (C=O) groups is 1. The van der Waals surface area contributed by atoms with Crippen molar-refractivity contribution in [3.63, 3.8) is 0 Å². The Labute approximate surface area is 165 Å². The molecule has 9 heteroatoms. The molecule has 7 nitrogen and oxygen atoms in total. The molecule has 1 aromatic carbocycles. The minimum Gasteiger partial charge on any atom is -0.483 e. The first-order chi connectivity index (χ1) is 13.6. The van der Waals surface area contributed by atoms with Crippen molar-refractivity contribution >= 4 is 17.7 Å². The second-order valence-electron chi connectivity index (χ2n) is 5.55. The van der Waals surface area contributed by atoms with Crippen molar-refractivity contribution in [2.75, 3.05) is 7.11 Å². The minimum absolute atomic E-state index is 0.0521. The number of aromatic nitrogens is 3. The van der Waals surface area contributed by atoms with Gasteiger partial charge in [0.05, 0.1) is 19.1 Å². The quantitative estimate of drug-likeness (QED) is 0.305. The number of hydrogen-bond acceptors (Lipinski definition) is 7. The highest BCUT2D eigenvalue weighted by Crippen LogP contribution is 2.25. The van der Waals surface area contributed by atoms with Gasteiger partial charge in [-0.05, 0) is 18.2 Å². The molecule has 146 valence electrons. The smallest absolute Gasteiger partial charge is 0.341 e. The Hall–Kier alpha value is -3.07. The van der Waals surface area contributed by atoms with Crippen molar-refractivity contribution in [3.8, 4) is 5.75 Å². The van der Waals surface area contributed by atoms with E-state index in [1.165, 1.54) is 31.2 Å². The van der Waals surface area contributed by atoms with Gasteiger partial charge in [0.15, 0.2) is 22.5 Å². The second kappa shape index (κ2) is 9.23. The Morgan fingerprint density at radius 1 is 1.36 bits per heavy atom. The van der Waals surface area contributed by atoms with Crippen LogP contribution in [0.15, 0.2) is 58.8 Å². The van der Waals surface area contributed by atoms with Crippen LogP contribution in [-0.2, 0) is 23.6 Å². The Morgan fingerprint density at radius 3 is 2.93 bits per heavy atom. The molecule has 0 saturated heterocycles. The van der Waals surface area contributed by atoms with Crippen molar-refractivity contribution in [3.05, 3.63) is 72.2 Å². The van der Waals surface area contributed by atoms with E-state index in [4.69, 9.17) is 13.9 Å². The van der Waals surface area contributed by atoms with Crippen LogP contribution in [0.25, 0.3) is 0 Å². The molecule has 0 radical (unpaired) electrons. The summed E-state index contributed by atoms with van der Waals surface area (Å²) in [6, 6.07) is 7.71. The van der Waals surface area contributed by atoms with E-state index in [-0.39, 0.29) is 12.4 Å². The van der Waals surface area contributed by atoms with Gasteiger partial charge in [-0.25, -0.2) is 9.18 Å². The fourth-order valence-corrected chi connectivity index (χ4v) is 3.34. The first-order valence-corrected chi connectivity index (χ1v) is 9.30. The van der Waals surface area contributed by atoms with Crippen LogP contribution in [0.2, 0.25) is 0 Å². The highest BCUT2D eigenvalue weighted by Gasteiger charge is 2.18. The van der Waals surface area contributed by atoms with Crippen LogP contribution in [0.3, 0.4) is 0 Å². The summed E-state index contributed by atoms with van der Waals surface area (Å²) in [4.78, 5) is 11.7. The van der Waals surface area contributed by atoms with Gasteiger partial charge in [-0.3, -0.25) is 4.57 Å². The summed E-state index contributed by atoms with van der Waals surface area (Å²) in [5, 5.41) is 8.88. The maximum absolute atomic E-state index is 13.7. The predicted molar refractivity (Wildman–Crippen MR) is 101 cm³/mol. The summed E-state index contributed by atoms with van der Waals surface area (Å²) in [5.41, 5.74) is 0.368. The van der Waals surface area contributed by atoms with Gasteiger partial charge in [-0.15, -0.1) is 16.8 Å². The van der Waals surface area contributed by atoms with E-state index in [2.05, 4.69) is 16.8 Å². The van der Waals surface area contributed by atoms with Crippen LogP contribution in [0.4, 0.5) is 4.39 Å². The standard InChI is InChI=1S/C19H18FN3O4S/c1-3-9-23-17(11-27-15-7-5-4-6-14(15)20)21-22-19(23)28-12-16-13(8-10-26-16)18(24)25-2/h3-8,10H,1,9,11-12H2,2H3. The normalized spacial score (nSPS) is 10.6. The highest BCUT2D eigenvalue weighted by atomic mass is 32.2. The number of para-hydroxylation sites is 1. The van der Waals surface area contributed by atoms with E-state index in [0.717, 1.165) is 0 Å². The number of hydrogen-bond donors (Lipinski definition) is 0. The molecule has 0 saturated carbocycles. The van der Waals surface area contributed by atoms with Gasteiger partial charge in [-0.2, -0.15) is 0 Å². The second-order valence-corrected chi connectivity index (χ2v) is 6.50. The molecule has 0 aliphatic carbocycles. The van der Waals surface area contributed by atoms with Crippen LogP contribution < -0.4 is 4.74 Å². The van der Waals surface area contributed by atoms with Gasteiger partial charge in [-0.1, -0.05) is 30.0 Å². The molecule has 0 amide bonds. The molecular formula is C19H18FN3O4S. The molecule has 0 fully saturated rings. The van der Waals surface area contributed by atoms with Crippen LogP contribution in [0, 0.1) is 5.82 Å². The summed E-state index contributed by atoms with van der Waals surface area (Å²) in [6.45, 7) is 4.25. The number of ether oxygens (including phenoxy) is 2. The largest absolute Gasteiger partial charge is 0.483 e.